The molecule has 78 valence electrons. The number of hydrogen-bond donors (Lipinski definition) is 0. The fourth-order valence-electron chi connectivity index (χ4n) is 1.81. The molecule has 0 aliphatic rings. The summed E-state index contributed by atoms with van der Waals surface area (Å²) in [5, 5.41) is 0. The summed E-state index contributed by atoms with van der Waals surface area (Å²) in [5.41, 5.74) is 1.32. The van der Waals surface area contributed by atoms with Crippen molar-refractivity contribution in [3.63, 3.8) is 0 Å². The third-order valence-corrected chi connectivity index (χ3v) is 2.96. The van der Waals surface area contributed by atoms with Gasteiger partial charge in [0.1, 0.15) is 0 Å². The minimum Gasteiger partial charge on any atom is -0.367 e. The van der Waals surface area contributed by atoms with Crippen molar-refractivity contribution in [3.05, 3.63) is 27.8 Å². The standard InChI is InChI=1S/C12H18IN/c1-9(2)14(10(3)4)12-7-5-11(13)6-8-12/h5-10H,1-4H3. The van der Waals surface area contributed by atoms with Crippen molar-refractivity contribution in [1.82, 2.24) is 0 Å². The van der Waals surface area contributed by atoms with Crippen LogP contribution in [0.15, 0.2) is 24.3 Å². The fourth-order valence-corrected chi connectivity index (χ4v) is 2.17. The molecule has 1 nitrogen and oxygen atoms in total. The van der Waals surface area contributed by atoms with Crippen molar-refractivity contribution < 1.29 is 0 Å². The Morgan fingerprint density at radius 2 is 1.36 bits per heavy atom. The van der Waals surface area contributed by atoms with Gasteiger partial charge < -0.3 is 4.90 Å². The first kappa shape index (κ1) is 11.8. The van der Waals surface area contributed by atoms with Crippen LogP contribution in [-0.2, 0) is 0 Å². The summed E-state index contributed by atoms with van der Waals surface area (Å²) in [4.78, 5) is 2.43. The molecule has 0 unspecified atom stereocenters. The average molecular weight is 303 g/mol. The van der Waals surface area contributed by atoms with E-state index < -0.39 is 0 Å². The van der Waals surface area contributed by atoms with Gasteiger partial charge in [-0.15, -0.1) is 0 Å². The summed E-state index contributed by atoms with van der Waals surface area (Å²) in [6.07, 6.45) is 0. The van der Waals surface area contributed by atoms with Gasteiger partial charge in [-0.25, -0.2) is 0 Å². The Kier molecular flexibility index (Phi) is 4.23. The van der Waals surface area contributed by atoms with Crippen LogP contribution in [0.4, 0.5) is 5.69 Å². The Bertz CT molecular complexity index is 269. The van der Waals surface area contributed by atoms with Gasteiger partial charge in [-0.05, 0) is 74.6 Å². The van der Waals surface area contributed by atoms with Crippen molar-refractivity contribution in [2.24, 2.45) is 0 Å². The van der Waals surface area contributed by atoms with Gasteiger partial charge in [0.15, 0.2) is 0 Å². The molecule has 0 aromatic heterocycles. The molecule has 0 N–H and O–H groups in total. The van der Waals surface area contributed by atoms with E-state index in [0.717, 1.165) is 0 Å². The van der Waals surface area contributed by atoms with Crippen LogP contribution in [-0.4, -0.2) is 12.1 Å². The van der Waals surface area contributed by atoms with E-state index in [9.17, 15) is 0 Å². The van der Waals surface area contributed by atoms with Crippen molar-refractivity contribution >= 4 is 28.3 Å². The molecule has 1 rings (SSSR count). The molecular weight excluding hydrogens is 285 g/mol. The molecule has 2 heteroatoms. The van der Waals surface area contributed by atoms with E-state index in [1.807, 2.05) is 0 Å². The highest BCUT2D eigenvalue weighted by Crippen LogP contribution is 2.20. The first-order valence-electron chi connectivity index (χ1n) is 5.06. The van der Waals surface area contributed by atoms with Gasteiger partial charge in [-0.2, -0.15) is 0 Å². The number of nitrogens with zero attached hydrogens (tertiary/aromatic N) is 1. The number of anilines is 1. The lowest BCUT2D eigenvalue weighted by molar-refractivity contribution is 0.608. The number of halogens is 1. The largest absolute Gasteiger partial charge is 0.367 e. The third kappa shape index (κ3) is 2.87. The van der Waals surface area contributed by atoms with E-state index in [2.05, 4.69) is 79.5 Å². The van der Waals surface area contributed by atoms with Crippen molar-refractivity contribution in [2.75, 3.05) is 4.90 Å². The molecule has 0 fully saturated rings. The molecule has 0 heterocycles. The smallest absolute Gasteiger partial charge is 0.0371 e. The lowest BCUT2D eigenvalue weighted by atomic mass is 10.2. The van der Waals surface area contributed by atoms with E-state index in [-0.39, 0.29) is 0 Å². The SMILES string of the molecule is CC(C)N(c1ccc(I)cc1)C(C)C. The van der Waals surface area contributed by atoms with Crippen LogP contribution >= 0.6 is 22.6 Å². The highest BCUT2D eigenvalue weighted by molar-refractivity contribution is 14.1. The number of rotatable bonds is 3. The molecule has 14 heavy (non-hydrogen) atoms. The summed E-state index contributed by atoms with van der Waals surface area (Å²) < 4.78 is 1.29. The van der Waals surface area contributed by atoms with E-state index >= 15 is 0 Å². The highest BCUT2D eigenvalue weighted by Gasteiger charge is 2.13. The third-order valence-electron chi connectivity index (χ3n) is 2.24. The van der Waals surface area contributed by atoms with Crippen LogP contribution in [0.5, 0.6) is 0 Å². The molecule has 0 saturated heterocycles. The first-order valence-corrected chi connectivity index (χ1v) is 6.14. The first-order chi connectivity index (χ1) is 6.52. The molecule has 0 radical (unpaired) electrons. The zero-order chi connectivity index (χ0) is 10.7. The van der Waals surface area contributed by atoms with Gasteiger partial charge >= 0.3 is 0 Å². The average Bonchev–Trinajstić information content (AvgIpc) is 2.07. The van der Waals surface area contributed by atoms with E-state index in [1.165, 1.54) is 9.26 Å². The molecule has 0 spiro atoms. The molecule has 1 aromatic rings. The van der Waals surface area contributed by atoms with E-state index in [1.54, 1.807) is 0 Å². The lowest BCUT2D eigenvalue weighted by Crippen LogP contribution is -2.36. The molecule has 0 aliphatic carbocycles. The Labute approximate surface area is 101 Å². The molecule has 1 aromatic carbocycles. The Morgan fingerprint density at radius 3 is 1.71 bits per heavy atom. The van der Waals surface area contributed by atoms with Crippen LogP contribution in [0.2, 0.25) is 0 Å². The van der Waals surface area contributed by atoms with Crippen molar-refractivity contribution in [3.8, 4) is 0 Å². The normalized spacial score (nSPS) is 11.1. The molecule has 0 aliphatic heterocycles. The van der Waals surface area contributed by atoms with Crippen LogP contribution < -0.4 is 4.90 Å². The van der Waals surface area contributed by atoms with Crippen LogP contribution in [0.1, 0.15) is 27.7 Å². The topological polar surface area (TPSA) is 3.24 Å². The van der Waals surface area contributed by atoms with E-state index in [0.29, 0.717) is 12.1 Å². The van der Waals surface area contributed by atoms with Gasteiger partial charge in [0, 0.05) is 21.3 Å². The predicted molar refractivity (Wildman–Crippen MR) is 71.9 cm³/mol. The van der Waals surface area contributed by atoms with Crippen LogP contribution in [0, 0.1) is 3.57 Å². The molecule has 0 bridgehead atoms. The molecule has 0 atom stereocenters. The zero-order valence-electron chi connectivity index (χ0n) is 9.29. The van der Waals surface area contributed by atoms with Crippen molar-refractivity contribution in [1.29, 1.82) is 0 Å². The van der Waals surface area contributed by atoms with Gasteiger partial charge in [0.2, 0.25) is 0 Å². The predicted octanol–water partition coefficient (Wildman–Crippen LogP) is 3.91. The minimum atomic E-state index is 0.551. The van der Waals surface area contributed by atoms with E-state index in [4.69, 9.17) is 0 Å². The maximum absolute atomic E-state index is 2.43. The van der Waals surface area contributed by atoms with Gasteiger partial charge in [0.05, 0.1) is 0 Å². The Balaban J connectivity index is 2.94. The lowest BCUT2D eigenvalue weighted by Gasteiger charge is -2.33. The highest BCUT2D eigenvalue weighted by atomic mass is 127. The quantitative estimate of drug-likeness (QED) is 0.765. The van der Waals surface area contributed by atoms with Gasteiger partial charge in [-0.3, -0.25) is 0 Å². The monoisotopic (exact) mass is 303 g/mol. The second-order valence-electron chi connectivity index (χ2n) is 4.07. The summed E-state index contributed by atoms with van der Waals surface area (Å²) in [5.74, 6) is 0. The van der Waals surface area contributed by atoms with Gasteiger partial charge in [0.25, 0.3) is 0 Å². The number of benzene rings is 1. The maximum Gasteiger partial charge on any atom is 0.0371 e. The molecular formula is C12H18IN. The molecule has 0 saturated carbocycles. The zero-order valence-corrected chi connectivity index (χ0v) is 11.4. The van der Waals surface area contributed by atoms with Gasteiger partial charge in [-0.1, -0.05) is 0 Å². The Hall–Kier alpha value is -0.250. The second kappa shape index (κ2) is 5.01. The summed E-state index contributed by atoms with van der Waals surface area (Å²) in [6.45, 7) is 8.94. The fraction of sp³-hybridized carbons (Fsp3) is 0.500. The summed E-state index contributed by atoms with van der Waals surface area (Å²) in [7, 11) is 0. The Morgan fingerprint density at radius 1 is 0.929 bits per heavy atom. The van der Waals surface area contributed by atoms with Crippen LogP contribution in [0.25, 0.3) is 0 Å². The molecule has 0 amide bonds. The maximum atomic E-state index is 2.43. The van der Waals surface area contributed by atoms with Crippen LogP contribution in [0.3, 0.4) is 0 Å². The number of hydrogen-bond acceptors (Lipinski definition) is 1. The summed E-state index contributed by atoms with van der Waals surface area (Å²) in [6, 6.07) is 9.82. The summed E-state index contributed by atoms with van der Waals surface area (Å²) >= 11 is 2.34. The second-order valence-corrected chi connectivity index (χ2v) is 5.32. The van der Waals surface area contributed by atoms with Crippen molar-refractivity contribution in [2.45, 2.75) is 39.8 Å². The minimum absolute atomic E-state index is 0.551.